The van der Waals surface area contributed by atoms with Crippen LogP contribution in [0.3, 0.4) is 0 Å². The molecule has 1 amide bonds. The van der Waals surface area contributed by atoms with Crippen LogP contribution in [0.5, 0.6) is 5.75 Å². The lowest BCUT2D eigenvalue weighted by Crippen LogP contribution is -2.31. The zero-order valence-electron chi connectivity index (χ0n) is 17.2. The van der Waals surface area contributed by atoms with Gasteiger partial charge in [-0.2, -0.15) is 0 Å². The van der Waals surface area contributed by atoms with Crippen molar-refractivity contribution < 1.29 is 23.8 Å². The van der Waals surface area contributed by atoms with Crippen molar-refractivity contribution in [1.29, 1.82) is 0 Å². The second-order valence-corrected chi connectivity index (χ2v) is 8.37. The minimum absolute atomic E-state index is 0.0287. The Bertz CT molecular complexity index is 1390. The SMILES string of the molecule is COc1ccccc1[C@@H]1C(C(=O)c2ccco2)=C(O)C(=O)N1c1nc2ccc(C)cc2s1. The molecule has 0 saturated carbocycles. The number of hydrogen-bond acceptors (Lipinski definition) is 7. The number of methoxy groups -OCH3 is 1. The van der Waals surface area contributed by atoms with E-state index in [0.29, 0.717) is 16.4 Å². The molecule has 0 spiro atoms. The highest BCUT2D eigenvalue weighted by atomic mass is 32.1. The fourth-order valence-corrected chi connectivity index (χ4v) is 4.97. The molecule has 1 aliphatic heterocycles. The quantitative estimate of drug-likeness (QED) is 0.434. The van der Waals surface area contributed by atoms with Crippen molar-refractivity contribution in [3.63, 3.8) is 0 Å². The predicted octanol–water partition coefficient (Wildman–Crippen LogP) is 4.99. The Balaban J connectivity index is 1.72. The molecule has 0 fully saturated rings. The summed E-state index contributed by atoms with van der Waals surface area (Å²) in [6.45, 7) is 1.98. The summed E-state index contributed by atoms with van der Waals surface area (Å²) < 4.78 is 11.7. The Morgan fingerprint density at radius 1 is 1.19 bits per heavy atom. The molecule has 4 aromatic rings. The normalized spacial score (nSPS) is 16.2. The topological polar surface area (TPSA) is 92.9 Å². The van der Waals surface area contributed by atoms with E-state index in [-0.39, 0.29) is 11.3 Å². The van der Waals surface area contributed by atoms with Crippen molar-refractivity contribution in [2.24, 2.45) is 0 Å². The summed E-state index contributed by atoms with van der Waals surface area (Å²) in [7, 11) is 1.51. The first kappa shape index (κ1) is 20.0. The lowest BCUT2D eigenvalue weighted by Gasteiger charge is -2.25. The van der Waals surface area contributed by atoms with Gasteiger partial charge in [0.15, 0.2) is 16.7 Å². The van der Waals surface area contributed by atoms with Crippen LogP contribution in [-0.2, 0) is 4.79 Å². The van der Waals surface area contributed by atoms with E-state index < -0.39 is 23.5 Å². The minimum atomic E-state index is -0.932. The number of rotatable bonds is 5. The summed E-state index contributed by atoms with van der Waals surface area (Å²) in [4.78, 5) is 32.5. The molecule has 0 saturated heterocycles. The summed E-state index contributed by atoms with van der Waals surface area (Å²) in [5, 5.41) is 11.2. The van der Waals surface area contributed by atoms with E-state index in [2.05, 4.69) is 4.98 Å². The lowest BCUT2D eigenvalue weighted by molar-refractivity contribution is -0.117. The summed E-state index contributed by atoms with van der Waals surface area (Å²) in [6, 6.07) is 15.0. The van der Waals surface area contributed by atoms with Gasteiger partial charge in [0.1, 0.15) is 11.8 Å². The number of aryl methyl sites for hydroxylation is 1. The van der Waals surface area contributed by atoms with Gasteiger partial charge < -0.3 is 14.3 Å². The van der Waals surface area contributed by atoms with Gasteiger partial charge in [0, 0.05) is 5.56 Å². The van der Waals surface area contributed by atoms with Gasteiger partial charge in [-0.25, -0.2) is 4.98 Å². The van der Waals surface area contributed by atoms with E-state index in [9.17, 15) is 14.7 Å². The van der Waals surface area contributed by atoms with E-state index in [1.165, 1.54) is 35.7 Å². The molecule has 2 aromatic carbocycles. The maximum atomic E-state index is 13.3. The highest BCUT2D eigenvalue weighted by Crippen LogP contribution is 2.46. The first-order chi connectivity index (χ1) is 15.5. The first-order valence-corrected chi connectivity index (χ1v) is 10.7. The second kappa shape index (κ2) is 7.65. The number of aliphatic hydroxyl groups is 1. The van der Waals surface area contributed by atoms with Gasteiger partial charge in [0.25, 0.3) is 5.91 Å². The third-order valence-electron chi connectivity index (χ3n) is 5.37. The first-order valence-electron chi connectivity index (χ1n) is 9.84. The fourth-order valence-electron chi connectivity index (χ4n) is 3.88. The molecule has 7 nitrogen and oxygen atoms in total. The van der Waals surface area contributed by atoms with Gasteiger partial charge in [0.2, 0.25) is 5.78 Å². The average molecular weight is 446 g/mol. The van der Waals surface area contributed by atoms with E-state index in [4.69, 9.17) is 9.15 Å². The van der Waals surface area contributed by atoms with Crippen LogP contribution in [0.2, 0.25) is 0 Å². The molecule has 1 aliphatic rings. The molecule has 0 unspecified atom stereocenters. The van der Waals surface area contributed by atoms with Gasteiger partial charge in [-0.3, -0.25) is 14.5 Å². The Hall–Kier alpha value is -3.91. The number of nitrogens with zero attached hydrogens (tertiary/aromatic N) is 2. The summed E-state index contributed by atoms with van der Waals surface area (Å²) >= 11 is 1.32. The second-order valence-electron chi connectivity index (χ2n) is 7.36. The smallest absolute Gasteiger partial charge is 0.296 e. The molecule has 0 aliphatic carbocycles. The highest BCUT2D eigenvalue weighted by molar-refractivity contribution is 7.22. The highest BCUT2D eigenvalue weighted by Gasteiger charge is 2.47. The maximum Gasteiger partial charge on any atom is 0.296 e. The number of fused-ring (bicyclic) bond motifs is 1. The molecule has 8 heteroatoms. The van der Waals surface area contributed by atoms with Gasteiger partial charge >= 0.3 is 0 Å². The largest absolute Gasteiger partial charge is 0.503 e. The number of furan rings is 1. The Morgan fingerprint density at radius 2 is 2.00 bits per heavy atom. The van der Waals surface area contributed by atoms with E-state index in [1.54, 1.807) is 30.3 Å². The van der Waals surface area contributed by atoms with Crippen LogP contribution in [-0.4, -0.2) is 28.9 Å². The van der Waals surface area contributed by atoms with Crippen molar-refractivity contribution in [2.75, 3.05) is 12.0 Å². The minimum Gasteiger partial charge on any atom is -0.503 e. The van der Waals surface area contributed by atoms with Crippen LogP contribution in [0.1, 0.15) is 27.7 Å². The van der Waals surface area contributed by atoms with Crippen molar-refractivity contribution in [3.05, 3.63) is 89.1 Å². The van der Waals surface area contributed by atoms with Gasteiger partial charge in [0.05, 0.1) is 29.2 Å². The van der Waals surface area contributed by atoms with Crippen LogP contribution in [0.15, 0.2) is 76.6 Å². The van der Waals surface area contributed by atoms with Crippen LogP contribution in [0.4, 0.5) is 5.13 Å². The Kier molecular flexibility index (Phi) is 4.79. The summed E-state index contributed by atoms with van der Waals surface area (Å²) in [6.07, 6.45) is 1.37. The number of amides is 1. The fraction of sp³-hybridized carbons (Fsp3) is 0.125. The van der Waals surface area contributed by atoms with Crippen LogP contribution in [0, 0.1) is 6.92 Å². The van der Waals surface area contributed by atoms with Crippen molar-refractivity contribution in [2.45, 2.75) is 13.0 Å². The number of benzene rings is 2. The standard InChI is InChI=1S/C24H18N2O5S/c1-13-9-10-15-18(12-13)32-24(25-15)26-20(14-6-3-4-7-16(14)30-2)19(22(28)23(26)29)21(27)17-8-5-11-31-17/h3-12,20,28H,1-2H3/t20-/m1/s1. The molecular weight excluding hydrogens is 428 g/mol. The predicted molar refractivity (Wildman–Crippen MR) is 120 cm³/mol. The number of ketones is 1. The number of carbonyl (C=O) groups is 2. The number of aliphatic hydroxyl groups excluding tert-OH is 1. The van der Waals surface area contributed by atoms with E-state index in [1.807, 2.05) is 25.1 Å². The maximum absolute atomic E-state index is 13.3. The molecule has 0 radical (unpaired) electrons. The molecule has 5 rings (SSSR count). The number of ether oxygens (including phenoxy) is 1. The van der Waals surface area contributed by atoms with Crippen LogP contribution < -0.4 is 9.64 Å². The Morgan fingerprint density at radius 3 is 2.75 bits per heavy atom. The third-order valence-corrected chi connectivity index (χ3v) is 6.39. The van der Waals surface area contributed by atoms with Gasteiger partial charge in [-0.15, -0.1) is 0 Å². The molecule has 160 valence electrons. The van der Waals surface area contributed by atoms with E-state index in [0.717, 1.165) is 15.8 Å². The molecular formula is C24H18N2O5S. The summed E-state index contributed by atoms with van der Waals surface area (Å²) in [5.74, 6) is -1.40. The number of para-hydroxylation sites is 1. The third kappa shape index (κ3) is 3.07. The Labute approximate surface area is 187 Å². The van der Waals surface area contributed by atoms with Gasteiger partial charge in [-0.1, -0.05) is 35.6 Å². The molecule has 32 heavy (non-hydrogen) atoms. The molecule has 1 atom stereocenters. The van der Waals surface area contributed by atoms with E-state index >= 15 is 0 Å². The van der Waals surface area contributed by atoms with Crippen molar-refractivity contribution >= 4 is 38.4 Å². The van der Waals surface area contributed by atoms with Gasteiger partial charge in [-0.05, 0) is 42.8 Å². The average Bonchev–Trinajstić information content (AvgIpc) is 3.52. The zero-order valence-corrected chi connectivity index (χ0v) is 18.1. The number of carbonyl (C=O) groups excluding carboxylic acids is 2. The van der Waals surface area contributed by atoms with Crippen LogP contribution in [0.25, 0.3) is 10.2 Å². The molecule has 2 aromatic heterocycles. The molecule has 0 bridgehead atoms. The monoisotopic (exact) mass is 446 g/mol. The number of anilines is 1. The lowest BCUT2D eigenvalue weighted by atomic mass is 9.94. The number of thiazole rings is 1. The number of Topliss-reactive ketones (excluding diaryl/α,β-unsaturated/α-hetero) is 1. The summed E-state index contributed by atoms with van der Waals surface area (Å²) in [5.41, 5.74) is 2.27. The molecule has 3 heterocycles. The van der Waals surface area contributed by atoms with Crippen molar-refractivity contribution in [3.8, 4) is 5.75 Å². The number of hydrogen-bond donors (Lipinski definition) is 1. The van der Waals surface area contributed by atoms with Crippen LogP contribution >= 0.6 is 11.3 Å². The number of aromatic nitrogens is 1. The zero-order chi connectivity index (χ0) is 22.4. The molecule has 1 N–H and O–H groups in total. The van der Waals surface area contributed by atoms with Crippen molar-refractivity contribution in [1.82, 2.24) is 4.98 Å².